The van der Waals surface area contributed by atoms with Gasteiger partial charge < -0.3 is 4.90 Å². The number of rotatable bonds is 2. The molecule has 0 aromatic carbocycles. The summed E-state index contributed by atoms with van der Waals surface area (Å²) >= 11 is 0. The van der Waals surface area contributed by atoms with E-state index in [2.05, 4.69) is 16.9 Å². The van der Waals surface area contributed by atoms with Crippen molar-refractivity contribution in [1.29, 1.82) is 0 Å². The summed E-state index contributed by atoms with van der Waals surface area (Å²) in [6.45, 7) is 3.11. The monoisotopic (exact) mass is 168 g/mol. The molecule has 3 nitrogen and oxygen atoms in total. The molecule has 2 unspecified atom stereocenters. The van der Waals surface area contributed by atoms with E-state index in [1.165, 1.54) is 12.8 Å². The van der Waals surface area contributed by atoms with Crippen LogP contribution in [0.15, 0.2) is 4.99 Å². The lowest BCUT2D eigenvalue weighted by Crippen LogP contribution is -2.42. The van der Waals surface area contributed by atoms with E-state index in [1.807, 2.05) is 6.92 Å². The van der Waals surface area contributed by atoms with Crippen molar-refractivity contribution < 1.29 is 4.79 Å². The van der Waals surface area contributed by atoms with E-state index in [9.17, 15) is 4.79 Å². The molecule has 3 heteroatoms. The van der Waals surface area contributed by atoms with E-state index in [4.69, 9.17) is 0 Å². The normalized spacial score (nSPS) is 27.7. The van der Waals surface area contributed by atoms with Gasteiger partial charge in [0.2, 0.25) is 6.08 Å². The second-order valence-corrected chi connectivity index (χ2v) is 3.50. The molecule has 0 saturated carbocycles. The van der Waals surface area contributed by atoms with Gasteiger partial charge in [-0.25, -0.2) is 9.79 Å². The molecule has 1 saturated heterocycles. The molecule has 0 spiro atoms. The van der Waals surface area contributed by atoms with Gasteiger partial charge >= 0.3 is 0 Å². The zero-order chi connectivity index (χ0) is 8.97. The minimum Gasteiger partial charge on any atom is -0.301 e. The molecule has 12 heavy (non-hydrogen) atoms. The highest BCUT2D eigenvalue weighted by atomic mass is 16.1. The van der Waals surface area contributed by atoms with Crippen molar-refractivity contribution in [2.75, 3.05) is 13.6 Å². The molecule has 0 bridgehead atoms. The first-order valence-electron chi connectivity index (χ1n) is 4.53. The number of piperidine rings is 1. The van der Waals surface area contributed by atoms with Crippen LogP contribution in [-0.2, 0) is 4.79 Å². The van der Waals surface area contributed by atoms with Gasteiger partial charge in [-0.2, -0.15) is 0 Å². The Morgan fingerprint density at radius 2 is 2.33 bits per heavy atom. The van der Waals surface area contributed by atoms with Crippen LogP contribution in [0.3, 0.4) is 0 Å². The van der Waals surface area contributed by atoms with Crippen molar-refractivity contribution in [2.24, 2.45) is 4.99 Å². The molecular weight excluding hydrogens is 152 g/mol. The maximum absolute atomic E-state index is 10.1. The standard InChI is InChI=1S/C9H16N2O/c1-8(10-7-12)9-5-3-4-6-11(9)2/h8-9H,3-6H2,1-2H3. The molecule has 0 amide bonds. The highest BCUT2D eigenvalue weighted by Gasteiger charge is 2.23. The number of isocyanates is 1. The summed E-state index contributed by atoms with van der Waals surface area (Å²) in [6, 6.07) is 0.549. The Hall–Kier alpha value is -0.660. The summed E-state index contributed by atoms with van der Waals surface area (Å²) in [6.07, 6.45) is 5.32. The average molecular weight is 168 g/mol. The Balaban J connectivity index is 2.52. The topological polar surface area (TPSA) is 32.7 Å². The van der Waals surface area contributed by atoms with E-state index in [-0.39, 0.29) is 6.04 Å². The van der Waals surface area contributed by atoms with Crippen molar-refractivity contribution in [1.82, 2.24) is 4.90 Å². The van der Waals surface area contributed by atoms with Gasteiger partial charge in [0.25, 0.3) is 0 Å². The summed E-state index contributed by atoms with van der Waals surface area (Å²) in [5.41, 5.74) is 0. The van der Waals surface area contributed by atoms with E-state index >= 15 is 0 Å². The Bertz CT molecular complexity index is 187. The fourth-order valence-corrected chi connectivity index (χ4v) is 1.88. The van der Waals surface area contributed by atoms with Crippen LogP contribution in [0.5, 0.6) is 0 Å². The third kappa shape index (κ3) is 2.16. The highest BCUT2D eigenvalue weighted by Crippen LogP contribution is 2.19. The summed E-state index contributed by atoms with van der Waals surface area (Å²) in [5.74, 6) is 0. The molecular formula is C9H16N2O. The molecule has 1 aliphatic rings. The number of nitrogens with zero attached hydrogens (tertiary/aromatic N) is 2. The largest absolute Gasteiger partial charge is 0.301 e. The molecule has 1 aliphatic heterocycles. The number of aliphatic imine (C=N–C) groups is 1. The first kappa shape index (κ1) is 9.43. The lowest BCUT2D eigenvalue weighted by atomic mass is 9.98. The van der Waals surface area contributed by atoms with Crippen LogP contribution >= 0.6 is 0 Å². The Morgan fingerprint density at radius 3 is 2.92 bits per heavy atom. The van der Waals surface area contributed by atoms with Gasteiger partial charge in [0.15, 0.2) is 0 Å². The van der Waals surface area contributed by atoms with Crippen molar-refractivity contribution in [3.05, 3.63) is 0 Å². The SMILES string of the molecule is CC(N=C=O)C1CCCCN1C. The second kappa shape index (κ2) is 4.39. The maximum atomic E-state index is 10.1. The number of carbonyl (C=O) groups excluding carboxylic acids is 1. The fraction of sp³-hybridized carbons (Fsp3) is 0.889. The third-order valence-electron chi connectivity index (χ3n) is 2.64. The lowest BCUT2D eigenvalue weighted by Gasteiger charge is -2.34. The summed E-state index contributed by atoms with van der Waals surface area (Å²) in [4.78, 5) is 16.1. The predicted molar refractivity (Wildman–Crippen MR) is 47.9 cm³/mol. The summed E-state index contributed by atoms with van der Waals surface area (Å²) in [5, 5.41) is 0. The molecule has 1 fully saturated rings. The zero-order valence-electron chi connectivity index (χ0n) is 7.79. The quantitative estimate of drug-likeness (QED) is 0.458. The Morgan fingerprint density at radius 1 is 1.58 bits per heavy atom. The minimum absolute atomic E-state index is 0.104. The van der Waals surface area contributed by atoms with Crippen LogP contribution in [0.1, 0.15) is 26.2 Å². The van der Waals surface area contributed by atoms with Crippen LogP contribution in [0.4, 0.5) is 0 Å². The van der Waals surface area contributed by atoms with Gasteiger partial charge in [0, 0.05) is 6.04 Å². The molecule has 2 atom stereocenters. The van der Waals surface area contributed by atoms with Crippen LogP contribution in [0.25, 0.3) is 0 Å². The lowest BCUT2D eigenvalue weighted by molar-refractivity contribution is 0.166. The van der Waals surface area contributed by atoms with Crippen molar-refractivity contribution >= 4 is 6.08 Å². The van der Waals surface area contributed by atoms with E-state index in [0.29, 0.717) is 6.04 Å². The van der Waals surface area contributed by atoms with Crippen LogP contribution in [0, 0.1) is 0 Å². The van der Waals surface area contributed by atoms with Crippen molar-refractivity contribution in [3.63, 3.8) is 0 Å². The molecule has 0 aromatic rings. The third-order valence-corrected chi connectivity index (χ3v) is 2.64. The minimum atomic E-state index is 0.104. The van der Waals surface area contributed by atoms with Gasteiger partial charge in [-0.05, 0) is 33.4 Å². The number of hydrogen-bond acceptors (Lipinski definition) is 3. The Labute approximate surface area is 73.5 Å². The van der Waals surface area contributed by atoms with Gasteiger partial charge in [0.05, 0.1) is 6.04 Å². The second-order valence-electron chi connectivity index (χ2n) is 3.50. The maximum Gasteiger partial charge on any atom is 0.235 e. The first-order valence-corrected chi connectivity index (χ1v) is 4.53. The number of hydrogen-bond donors (Lipinski definition) is 0. The fourth-order valence-electron chi connectivity index (χ4n) is 1.88. The molecule has 1 heterocycles. The Kier molecular flexibility index (Phi) is 3.45. The van der Waals surface area contributed by atoms with E-state index < -0.39 is 0 Å². The molecule has 1 rings (SSSR count). The molecule has 68 valence electrons. The summed E-state index contributed by atoms with van der Waals surface area (Å²) in [7, 11) is 2.10. The van der Waals surface area contributed by atoms with E-state index in [0.717, 1.165) is 13.0 Å². The van der Waals surface area contributed by atoms with E-state index in [1.54, 1.807) is 6.08 Å². The smallest absolute Gasteiger partial charge is 0.235 e. The molecule has 0 radical (unpaired) electrons. The molecule has 0 aromatic heterocycles. The predicted octanol–water partition coefficient (Wildman–Crippen LogP) is 1.20. The first-order chi connectivity index (χ1) is 5.75. The molecule has 0 N–H and O–H groups in total. The number of likely N-dealkylation sites (tertiary alicyclic amines) is 1. The average Bonchev–Trinajstić information content (AvgIpc) is 2.05. The van der Waals surface area contributed by atoms with Gasteiger partial charge in [-0.1, -0.05) is 6.42 Å². The highest BCUT2D eigenvalue weighted by molar-refractivity contribution is 5.33. The van der Waals surface area contributed by atoms with Crippen molar-refractivity contribution in [3.8, 4) is 0 Å². The van der Waals surface area contributed by atoms with Gasteiger partial charge in [0.1, 0.15) is 0 Å². The van der Waals surface area contributed by atoms with Gasteiger partial charge in [-0.3, -0.25) is 0 Å². The van der Waals surface area contributed by atoms with Crippen molar-refractivity contribution in [2.45, 2.75) is 38.3 Å². The van der Waals surface area contributed by atoms with Crippen LogP contribution in [0.2, 0.25) is 0 Å². The molecule has 0 aliphatic carbocycles. The van der Waals surface area contributed by atoms with Gasteiger partial charge in [-0.15, -0.1) is 0 Å². The number of likely N-dealkylation sites (N-methyl/N-ethyl adjacent to an activating group) is 1. The van der Waals surface area contributed by atoms with Crippen LogP contribution < -0.4 is 0 Å². The zero-order valence-corrected chi connectivity index (χ0v) is 7.79. The van der Waals surface area contributed by atoms with Crippen LogP contribution in [-0.4, -0.2) is 36.7 Å². The summed E-state index contributed by atoms with van der Waals surface area (Å²) < 4.78 is 0.